The van der Waals surface area contributed by atoms with Crippen LogP contribution in [-0.4, -0.2) is 57.0 Å². The molecule has 30 heavy (non-hydrogen) atoms. The molecule has 1 aromatic carbocycles. The van der Waals surface area contributed by atoms with Gasteiger partial charge in [-0.25, -0.2) is 8.42 Å². The summed E-state index contributed by atoms with van der Waals surface area (Å²) < 4.78 is 32.6. The molecule has 11 heteroatoms. The molecule has 3 rings (SSSR count). The van der Waals surface area contributed by atoms with Crippen LogP contribution in [0.2, 0.25) is 5.02 Å². The van der Waals surface area contributed by atoms with E-state index in [4.69, 9.17) is 16.3 Å². The lowest BCUT2D eigenvalue weighted by Gasteiger charge is -2.34. The molecule has 2 N–H and O–H groups in total. The summed E-state index contributed by atoms with van der Waals surface area (Å²) in [6.07, 6.45) is 0.242. The number of rotatable bonds is 7. The number of benzene rings is 1. The van der Waals surface area contributed by atoms with Crippen molar-refractivity contribution in [1.29, 1.82) is 0 Å². The topological polar surface area (TPSA) is 105 Å². The zero-order valence-corrected chi connectivity index (χ0v) is 18.4. The molecule has 0 unspecified atom stereocenters. The van der Waals surface area contributed by atoms with E-state index in [0.29, 0.717) is 24.5 Å². The molecular weight excluding hydrogens is 450 g/mol. The Morgan fingerprint density at radius 3 is 2.60 bits per heavy atom. The van der Waals surface area contributed by atoms with Crippen molar-refractivity contribution in [1.82, 2.24) is 14.9 Å². The summed E-state index contributed by atoms with van der Waals surface area (Å²) >= 11 is 6.95. The Morgan fingerprint density at radius 1 is 1.17 bits per heavy atom. The van der Waals surface area contributed by atoms with Gasteiger partial charge in [0.25, 0.3) is 10.0 Å². The molecule has 162 valence electrons. The average Bonchev–Trinajstić information content (AvgIpc) is 3.29. The Hall–Kier alpha value is -1.98. The summed E-state index contributed by atoms with van der Waals surface area (Å²) in [5, 5.41) is 7.31. The van der Waals surface area contributed by atoms with Gasteiger partial charge in [0.05, 0.1) is 13.2 Å². The molecule has 1 aliphatic rings. The quantitative estimate of drug-likeness (QED) is 0.597. The number of hydrogen-bond donors (Lipinski definition) is 2. The Balaban J connectivity index is 1.49. The molecule has 0 radical (unpaired) electrons. The monoisotopic (exact) mass is 471 g/mol. The van der Waals surface area contributed by atoms with E-state index in [1.807, 2.05) is 12.1 Å². The fourth-order valence-corrected chi connectivity index (χ4v) is 5.75. The summed E-state index contributed by atoms with van der Waals surface area (Å²) in [6.45, 7) is 0.832. The molecule has 8 nitrogen and oxygen atoms in total. The zero-order chi connectivity index (χ0) is 21.6. The highest BCUT2D eigenvalue weighted by atomic mass is 35.5. The first-order valence-corrected chi connectivity index (χ1v) is 12.0. The van der Waals surface area contributed by atoms with Crippen LogP contribution in [0.1, 0.15) is 12.0 Å². The molecule has 2 heterocycles. The molecular formula is C19H22ClN3O5S2. The number of amides is 2. The van der Waals surface area contributed by atoms with Gasteiger partial charge in [-0.1, -0.05) is 29.8 Å². The van der Waals surface area contributed by atoms with Gasteiger partial charge in [0, 0.05) is 18.1 Å². The summed E-state index contributed by atoms with van der Waals surface area (Å²) in [5.74, 6) is -1.62. The lowest BCUT2D eigenvalue weighted by atomic mass is 10.1. The van der Waals surface area contributed by atoms with Crippen LogP contribution in [0.4, 0.5) is 0 Å². The molecule has 1 atom stereocenters. The Bertz CT molecular complexity index is 965. The fraction of sp³-hybridized carbons (Fsp3) is 0.368. The molecule has 1 fully saturated rings. The second-order valence-electron chi connectivity index (χ2n) is 6.57. The lowest BCUT2D eigenvalue weighted by molar-refractivity contribution is -0.140. The van der Waals surface area contributed by atoms with Crippen LogP contribution in [0.25, 0.3) is 0 Å². The van der Waals surface area contributed by atoms with E-state index in [1.165, 1.54) is 10.4 Å². The van der Waals surface area contributed by atoms with E-state index in [-0.39, 0.29) is 23.8 Å². The van der Waals surface area contributed by atoms with E-state index in [0.717, 1.165) is 16.9 Å². The largest absolute Gasteiger partial charge is 0.360 e. The van der Waals surface area contributed by atoms with E-state index in [2.05, 4.69) is 10.6 Å². The van der Waals surface area contributed by atoms with Gasteiger partial charge in [-0.05, 0) is 42.0 Å². The fourth-order valence-electron chi connectivity index (χ4n) is 2.94. The third-order valence-electron chi connectivity index (χ3n) is 4.47. The van der Waals surface area contributed by atoms with Gasteiger partial charge in [-0.2, -0.15) is 4.31 Å². The van der Waals surface area contributed by atoms with Crippen LogP contribution in [0, 0.1) is 0 Å². The second kappa shape index (κ2) is 10.4. The minimum Gasteiger partial charge on any atom is -0.360 e. The Kier molecular flexibility index (Phi) is 7.84. The van der Waals surface area contributed by atoms with Gasteiger partial charge in [-0.3, -0.25) is 9.59 Å². The predicted octanol–water partition coefficient (Wildman–Crippen LogP) is 1.61. The van der Waals surface area contributed by atoms with Crippen LogP contribution in [0.3, 0.4) is 0 Å². The number of carbonyl (C=O) groups excluding carboxylic acids is 2. The van der Waals surface area contributed by atoms with E-state index >= 15 is 0 Å². The zero-order valence-electron chi connectivity index (χ0n) is 16.0. The Labute approximate surface area is 184 Å². The maximum atomic E-state index is 12.8. The number of ether oxygens (including phenoxy) is 1. The van der Waals surface area contributed by atoms with Crippen molar-refractivity contribution >= 4 is 44.8 Å². The van der Waals surface area contributed by atoms with E-state index in [1.54, 1.807) is 23.6 Å². The number of thiophene rings is 1. The van der Waals surface area contributed by atoms with Crippen molar-refractivity contribution in [3.63, 3.8) is 0 Å². The van der Waals surface area contributed by atoms with Crippen LogP contribution < -0.4 is 10.6 Å². The third kappa shape index (κ3) is 5.79. The normalized spacial score (nSPS) is 17.4. The summed E-state index contributed by atoms with van der Waals surface area (Å²) in [7, 11) is -3.72. The molecule has 0 bridgehead atoms. The number of nitrogens with zero attached hydrogens (tertiary/aromatic N) is 1. The highest BCUT2D eigenvalue weighted by Gasteiger charge is 2.35. The first-order valence-electron chi connectivity index (χ1n) is 9.35. The van der Waals surface area contributed by atoms with Gasteiger partial charge < -0.3 is 15.4 Å². The molecule has 0 saturated carbocycles. The number of sulfonamides is 1. The minimum atomic E-state index is -3.72. The minimum absolute atomic E-state index is 0.117. The van der Waals surface area contributed by atoms with Crippen molar-refractivity contribution in [3.8, 4) is 0 Å². The van der Waals surface area contributed by atoms with Crippen LogP contribution >= 0.6 is 22.9 Å². The average molecular weight is 472 g/mol. The summed E-state index contributed by atoms with van der Waals surface area (Å²) in [6, 6.07) is 10.4. The molecule has 0 spiro atoms. The molecule has 0 aliphatic carbocycles. The SMILES string of the molecule is O=C(NCCc1ccc(Cl)cc1)C(=O)NC[C@H]1OCCCN1S(=O)(=O)c1cccs1. The van der Waals surface area contributed by atoms with Crippen molar-refractivity contribution in [2.75, 3.05) is 26.2 Å². The maximum Gasteiger partial charge on any atom is 0.309 e. The molecule has 2 amide bonds. The highest BCUT2D eigenvalue weighted by molar-refractivity contribution is 7.91. The number of hydrogen-bond acceptors (Lipinski definition) is 6. The van der Waals surface area contributed by atoms with Crippen LogP contribution in [0.5, 0.6) is 0 Å². The van der Waals surface area contributed by atoms with E-state index < -0.39 is 28.1 Å². The summed E-state index contributed by atoms with van der Waals surface area (Å²) in [4.78, 5) is 24.1. The number of nitrogens with one attached hydrogen (secondary N) is 2. The van der Waals surface area contributed by atoms with Crippen LogP contribution in [-0.2, 0) is 30.8 Å². The van der Waals surface area contributed by atoms with Crippen molar-refractivity contribution in [2.45, 2.75) is 23.3 Å². The first-order chi connectivity index (χ1) is 14.4. The van der Waals surface area contributed by atoms with Crippen LogP contribution in [0.15, 0.2) is 46.0 Å². The number of halogens is 1. The van der Waals surface area contributed by atoms with Gasteiger partial charge in [0.2, 0.25) is 0 Å². The van der Waals surface area contributed by atoms with Gasteiger partial charge in [0.15, 0.2) is 0 Å². The molecule has 1 aliphatic heterocycles. The molecule has 1 saturated heterocycles. The summed E-state index contributed by atoms with van der Waals surface area (Å²) in [5.41, 5.74) is 0.977. The highest BCUT2D eigenvalue weighted by Crippen LogP contribution is 2.25. The lowest BCUT2D eigenvalue weighted by Crippen LogP contribution is -2.53. The predicted molar refractivity (Wildman–Crippen MR) is 114 cm³/mol. The second-order valence-corrected chi connectivity index (χ2v) is 10.1. The standard InChI is InChI=1S/C19H22ClN3O5S2/c20-15-6-4-14(5-7-15)8-9-21-18(24)19(25)22-13-16-23(10-2-11-28-16)30(26,27)17-3-1-12-29-17/h1,3-7,12,16H,2,8-11,13H2,(H,21,24)(H,22,25)/t16-/m1/s1. The number of carbonyl (C=O) groups is 2. The van der Waals surface area contributed by atoms with E-state index in [9.17, 15) is 18.0 Å². The third-order valence-corrected chi connectivity index (χ3v) is 7.98. The van der Waals surface area contributed by atoms with Gasteiger partial charge in [0.1, 0.15) is 10.4 Å². The van der Waals surface area contributed by atoms with Crippen molar-refractivity contribution in [3.05, 3.63) is 52.4 Å². The molecule has 2 aromatic rings. The smallest absolute Gasteiger partial charge is 0.309 e. The first kappa shape index (κ1) is 22.7. The van der Waals surface area contributed by atoms with Gasteiger partial charge >= 0.3 is 11.8 Å². The molecule has 1 aromatic heterocycles. The maximum absolute atomic E-state index is 12.8. The Morgan fingerprint density at radius 2 is 1.90 bits per heavy atom. The van der Waals surface area contributed by atoms with Crippen molar-refractivity contribution < 1.29 is 22.7 Å². The van der Waals surface area contributed by atoms with Gasteiger partial charge in [-0.15, -0.1) is 11.3 Å². The van der Waals surface area contributed by atoms with Crippen molar-refractivity contribution in [2.24, 2.45) is 0 Å².